The fourth-order valence-corrected chi connectivity index (χ4v) is 3.43. The van der Waals surface area contributed by atoms with Gasteiger partial charge in [-0.3, -0.25) is 4.68 Å². The van der Waals surface area contributed by atoms with Gasteiger partial charge in [-0.05, 0) is 19.1 Å². The SMILES string of the molecule is Cc1c(Cl)cnn1Cc1c(C(=O)O)sc2cccc(F)c12. The van der Waals surface area contributed by atoms with Crippen LogP contribution in [-0.2, 0) is 6.54 Å². The minimum Gasteiger partial charge on any atom is -0.477 e. The molecule has 0 aliphatic rings. The number of nitrogens with zero attached hydrogens (tertiary/aromatic N) is 2. The van der Waals surface area contributed by atoms with E-state index in [-0.39, 0.29) is 11.4 Å². The van der Waals surface area contributed by atoms with Gasteiger partial charge in [0, 0.05) is 15.6 Å². The Labute approximate surface area is 128 Å². The van der Waals surface area contributed by atoms with Crippen LogP contribution in [0.2, 0.25) is 5.02 Å². The summed E-state index contributed by atoms with van der Waals surface area (Å²) in [5, 5.41) is 14.3. The van der Waals surface area contributed by atoms with Gasteiger partial charge in [-0.15, -0.1) is 11.3 Å². The van der Waals surface area contributed by atoms with E-state index >= 15 is 0 Å². The largest absolute Gasteiger partial charge is 0.477 e. The first kappa shape index (κ1) is 14.0. The van der Waals surface area contributed by atoms with E-state index in [0.717, 1.165) is 11.3 Å². The Bertz CT molecular complexity index is 856. The molecule has 0 atom stereocenters. The van der Waals surface area contributed by atoms with Gasteiger partial charge < -0.3 is 5.11 Å². The zero-order valence-corrected chi connectivity index (χ0v) is 12.5. The van der Waals surface area contributed by atoms with Crippen molar-refractivity contribution in [3.8, 4) is 0 Å². The summed E-state index contributed by atoms with van der Waals surface area (Å²) >= 11 is 7.01. The molecule has 7 heteroatoms. The van der Waals surface area contributed by atoms with Crippen LogP contribution in [0.1, 0.15) is 20.9 Å². The number of carbonyl (C=O) groups is 1. The highest BCUT2D eigenvalue weighted by molar-refractivity contribution is 7.21. The lowest BCUT2D eigenvalue weighted by Crippen LogP contribution is -2.07. The Balaban J connectivity index is 2.22. The summed E-state index contributed by atoms with van der Waals surface area (Å²) in [6, 6.07) is 4.61. The lowest BCUT2D eigenvalue weighted by atomic mass is 10.1. The lowest BCUT2D eigenvalue weighted by molar-refractivity contribution is 0.0701. The molecule has 0 unspecified atom stereocenters. The van der Waals surface area contributed by atoms with Crippen LogP contribution in [0.3, 0.4) is 0 Å². The highest BCUT2D eigenvalue weighted by atomic mass is 35.5. The van der Waals surface area contributed by atoms with Crippen LogP contribution >= 0.6 is 22.9 Å². The first-order valence-corrected chi connectivity index (χ1v) is 7.29. The molecule has 108 valence electrons. The molecule has 0 radical (unpaired) electrons. The first-order chi connectivity index (χ1) is 9.99. The molecule has 0 spiro atoms. The van der Waals surface area contributed by atoms with Crippen molar-refractivity contribution in [3.05, 3.63) is 51.4 Å². The summed E-state index contributed by atoms with van der Waals surface area (Å²) < 4.78 is 16.3. The molecular weight excluding hydrogens is 315 g/mol. The van der Waals surface area contributed by atoms with Crippen LogP contribution in [0.5, 0.6) is 0 Å². The number of aromatic carboxylic acids is 1. The quantitative estimate of drug-likeness (QED) is 0.793. The van der Waals surface area contributed by atoms with Crippen molar-refractivity contribution < 1.29 is 14.3 Å². The van der Waals surface area contributed by atoms with Crippen molar-refractivity contribution in [3.63, 3.8) is 0 Å². The number of hydrogen-bond donors (Lipinski definition) is 1. The van der Waals surface area contributed by atoms with Crippen LogP contribution in [0.4, 0.5) is 4.39 Å². The van der Waals surface area contributed by atoms with Gasteiger partial charge in [0.2, 0.25) is 0 Å². The topological polar surface area (TPSA) is 55.1 Å². The van der Waals surface area contributed by atoms with Crippen molar-refractivity contribution in [2.45, 2.75) is 13.5 Å². The molecule has 0 aliphatic carbocycles. The molecule has 0 aliphatic heterocycles. The maximum Gasteiger partial charge on any atom is 0.346 e. The average molecular weight is 325 g/mol. The minimum atomic E-state index is -1.07. The number of fused-ring (bicyclic) bond motifs is 1. The van der Waals surface area contributed by atoms with Crippen molar-refractivity contribution in [2.75, 3.05) is 0 Å². The van der Waals surface area contributed by atoms with E-state index in [4.69, 9.17) is 11.6 Å². The van der Waals surface area contributed by atoms with E-state index in [1.54, 1.807) is 23.7 Å². The highest BCUT2D eigenvalue weighted by Gasteiger charge is 2.21. The number of carboxylic acid groups (broad SMARTS) is 1. The molecule has 4 nitrogen and oxygen atoms in total. The molecule has 2 aromatic heterocycles. The summed E-state index contributed by atoms with van der Waals surface area (Å²) in [5.41, 5.74) is 1.13. The third-order valence-corrected chi connectivity index (χ3v) is 4.87. The van der Waals surface area contributed by atoms with Gasteiger partial charge in [-0.1, -0.05) is 17.7 Å². The molecule has 1 aromatic carbocycles. The second kappa shape index (κ2) is 5.13. The molecule has 2 heterocycles. The van der Waals surface area contributed by atoms with Crippen LogP contribution in [-0.4, -0.2) is 20.9 Å². The summed E-state index contributed by atoms with van der Waals surface area (Å²) in [6.45, 7) is 1.95. The van der Waals surface area contributed by atoms with Gasteiger partial charge in [0.05, 0.1) is 23.5 Å². The maximum absolute atomic E-state index is 14.1. The van der Waals surface area contributed by atoms with E-state index in [2.05, 4.69) is 5.10 Å². The molecular formula is C14H10ClFN2O2S. The van der Waals surface area contributed by atoms with Gasteiger partial charge >= 0.3 is 5.97 Å². The lowest BCUT2D eigenvalue weighted by Gasteiger charge is -2.06. The second-order valence-corrected chi connectivity index (χ2v) is 6.02. The predicted molar refractivity (Wildman–Crippen MR) is 79.8 cm³/mol. The monoisotopic (exact) mass is 324 g/mol. The molecule has 21 heavy (non-hydrogen) atoms. The number of rotatable bonds is 3. The number of aromatic nitrogens is 2. The summed E-state index contributed by atoms with van der Waals surface area (Å²) in [4.78, 5) is 11.5. The third kappa shape index (κ3) is 2.30. The maximum atomic E-state index is 14.1. The molecule has 0 amide bonds. The molecule has 0 bridgehead atoms. The van der Waals surface area contributed by atoms with Crippen molar-refractivity contribution in [1.82, 2.24) is 9.78 Å². The zero-order chi connectivity index (χ0) is 15.1. The van der Waals surface area contributed by atoms with E-state index in [1.807, 2.05) is 0 Å². The fraction of sp³-hybridized carbons (Fsp3) is 0.143. The van der Waals surface area contributed by atoms with Gasteiger partial charge in [0.1, 0.15) is 10.7 Å². The van der Waals surface area contributed by atoms with E-state index in [1.165, 1.54) is 12.3 Å². The fourth-order valence-electron chi connectivity index (χ4n) is 2.22. The predicted octanol–water partition coefficient (Wildman–Crippen LogP) is 3.95. The molecule has 3 rings (SSSR count). The molecule has 3 aromatic rings. The molecule has 0 saturated carbocycles. The van der Waals surface area contributed by atoms with Gasteiger partial charge in [0.25, 0.3) is 0 Å². The van der Waals surface area contributed by atoms with Crippen LogP contribution in [0.15, 0.2) is 24.4 Å². The number of halogens is 2. The standard InChI is InChI=1S/C14H10ClFN2O2S/c1-7-9(15)5-17-18(7)6-8-12-10(16)3-2-4-11(12)21-13(8)14(19)20/h2-5H,6H2,1H3,(H,19,20). The van der Waals surface area contributed by atoms with Crippen molar-refractivity contribution in [2.24, 2.45) is 0 Å². The average Bonchev–Trinajstić information content (AvgIpc) is 2.96. The normalized spacial score (nSPS) is 11.2. The van der Waals surface area contributed by atoms with E-state index in [9.17, 15) is 14.3 Å². The number of hydrogen-bond acceptors (Lipinski definition) is 3. The van der Waals surface area contributed by atoms with Crippen molar-refractivity contribution >= 4 is 39.0 Å². The number of thiophene rings is 1. The molecule has 1 N–H and O–H groups in total. The van der Waals surface area contributed by atoms with Crippen LogP contribution in [0.25, 0.3) is 10.1 Å². The Morgan fingerprint density at radius 2 is 2.29 bits per heavy atom. The van der Waals surface area contributed by atoms with Crippen LogP contribution in [0, 0.1) is 12.7 Å². The van der Waals surface area contributed by atoms with E-state index in [0.29, 0.717) is 26.4 Å². The Morgan fingerprint density at radius 1 is 1.52 bits per heavy atom. The van der Waals surface area contributed by atoms with Crippen molar-refractivity contribution in [1.29, 1.82) is 0 Å². The zero-order valence-electron chi connectivity index (χ0n) is 10.9. The molecule has 0 saturated heterocycles. The van der Waals surface area contributed by atoms with Gasteiger partial charge in [-0.2, -0.15) is 5.10 Å². The van der Waals surface area contributed by atoms with Crippen LogP contribution < -0.4 is 0 Å². The van der Waals surface area contributed by atoms with Gasteiger partial charge in [-0.25, -0.2) is 9.18 Å². The summed E-state index contributed by atoms with van der Waals surface area (Å²) in [6.07, 6.45) is 1.49. The molecule has 0 fully saturated rings. The Morgan fingerprint density at radius 3 is 2.90 bits per heavy atom. The Kier molecular flexibility index (Phi) is 3.43. The number of carboxylic acids is 1. The van der Waals surface area contributed by atoms with Gasteiger partial charge in [0.15, 0.2) is 0 Å². The Hall–Kier alpha value is -1.92. The number of benzene rings is 1. The summed E-state index contributed by atoms with van der Waals surface area (Å²) in [7, 11) is 0. The third-order valence-electron chi connectivity index (χ3n) is 3.31. The second-order valence-electron chi connectivity index (χ2n) is 4.56. The first-order valence-electron chi connectivity index (χ1n) is 6.10. The summed E-state index contributed by atoms with van der Waals surface area (Å²) in [5.74, 6) is -1.50. The minimum absolute atomic E-state index is 0.126. The highest BCUT2D eigenvalue weighted by Crippen LogP contribution is 2.34. The smallest absolute Gasteiger partial charge is 0.346 e. The van der Waals surface area contributed by atoms with E-state index < -0.39 is 11.8 Å².